The largest absolute Gasteiger partial charge is 0.378 e. The van der Waals surface area contributed by atoms with Crippen LogP contribution in [0.25, 0.3) is 0 Å². The number of nitrogens with one attached hydrogen (secondary N) is 1. The summed E-state index contributed by atoms with van der Waals surface area (Å²) in [6.45, 7) is 2.12. The fourth-order valence-electron chi connectivity index (χ4n) is 3.42. The molecule has 4 nitrogen and oxygen atoms in total. The van der Waals surface area contributed by atoms with Crippen molar-refractivity contribution in [1.29, 1.82) is 0 Å². The Morgan fingerprint density at radius 1 is 1.40 bits per heavy atom. The average Bonchev–Trinajstić information content (AvgIpc) is 2.88. The molecule has 0 bridgehead atoms. The van der Waals surface area contributed by atoms with Crippen LogP contribution in [-0.2, 0) is 9.47 Å². The zero-order valence-electron chi connectivity index (χ0n) is 11.5. The highest BCUT2D eigenvalue weighted by Crippen LogP contribution is 2.40. The van der Waals surface area contributed by atoms with Gasteiger partial charge in [0, 0.05) is 25.7 Å². The molecule has 3 rings (SSSR count). The van der Waals surface area contributed by atoms with Crippen molar-refractivity contribution < 1.29 is 13.9 Å². The molecule has 2 aliphatic rings. The van der Waals surface area contributed by atoms with E-state index in [4.69, 9.17) is 15.3 Å². The van der Waals surface area contributed by atoms with E-state index in [9.17, 15) is 4.39 Å². The molecule has 0 aromatic heterocycles. The van der Waals surface area contributed by atoms with Crippen LogP contribution in [0.5, 0.6) is 0 Å². The van der Waals surface area contributed by atoms with Gasteiger partial charge >= 0.3 is 0 Å². The number of rotatable bonds is 3. The summed E-state index contributed by atoms with van der Waals surface area (Å²) >= 11 is 0. The van der Waals surface area contributed by atoms with E-state index in [1.165, 1.54) is 6.07 Å². The molecule has 0 radical (unpaired) electrons. The molecule has 2 saturated heterocycles. The maximum Gasteiger partial charge on any atom is 0.123 e. The van der Waals surface area contributed by atoms with E-state index in [0.29, 0.717) is 19.1 Å². The minimum atomic E-state index is -0.228. The van der Waals surface area contributed by atoms with E-state index >= 15 is 0 Å². The monoisotopic (exact) mass is 280 g/mol. The van der Waals surface area contributed by atoms with E-state index < -0.39 is 0 Å². The van der Waals surface area contributed by atoms with Crippen molar-refractivity contribution in [3.8, 4) is 0 Å². The average molecular weight is 280 g/mol. The first kappa shape index (κ1) is 13.9. The van der Waals surface area contributed by atoms with Crippen molar-refractivity contribution in [1.82, 2.24) is 5.43 Å². The van der Waals surface area contributed by atoms with Gasteiger partial charge in [-0.2, -0.15) is 0 Å². The molecule has 0 amide bonds. The van der Waals surface area contributed by atoms with Crippen LogP contribution < -0.4 is 11.3 Å². The van der Waals surface area contributed by atoms with Crippen LogP contribution in [0.2, 0.25) is 0 Å². The highest BCUT2D eigenvalue weighted by molar-refractivity contribution is 5.21. The van der Waals surface area contributed by atoms with Gasteiger partial charge in [0.2, 0.25) is 0 Å². The summed E-state index contributed by atoms with van der Waals surface area (Å²) in [4.78, 5) is 0. The Kier molecular flexibility index (Phi) is 4.03. The summed E-state index contributed by atoms with van der Waals surface area (Å²) < 4.78 is 24.8. The molecule has 20 heavy (non-hydrogen) atoms. The van der Waals surface area contributed by atoms with Gasteiger partial charge in [-0.25, -0.2) is 4.39 Å². The third-order valence-electron chi connectivity index (χ3n) is 4.46. The van der Waals surface area contributed by atoms with E-state index in [1.54, 1.807) is 12.1 Å². The normalized spacial score (nSPS) is 31.6. The molecule has 2 fully saturated rings. The molecule has 3 N–H and O–H groups in total. The van der Waals surface area contributed by atoms with Crippen LogP contribution in [0.4, 0.5) is 4.39 Å². The van der Waals surface area contributed by atoms with Crippen LogP contribution >= 0.6 is 0 Å². The molecule has 3 atom stereocenters. The number of ether oxygens (including phenoxy) is 2. The second-order valence-electron chi connectivity index (χ2n) is 5.79. The SMILES string of the molecule is NNC(c1cccc(F)c1)C1CCOC2(CCOC2)C1. The Morgan fingerprint density at radius 2 is 2.30 bits per heavy atom. The predicted octanol–water partition coefficient (Wildman–Crippen LogP) is 1.92. The first-order valence-electron chi connectivity index (χ1n) is 7.16. The lowest BCUT2D eigenvalue weighted by atomic mass is 9.79. The van der Waals surface area contributed by atoms with Crippen molar-refractivity contribution in [3.63, 3.8) is 0 Å². The van der Waals surface area contributed by atoms with Crippen molar-refractivity contribution in [2.45, 2.75) is 30.9 Å². The van der Waals surface area contributed by atoms with E-state index in [-0.39, 0.29) is 17.5 Å². The first-order valence-corrected chi connectivity index (χ1v) is 7.16. The van der Waals surface area contributed by atoms with Crippen molar-refractivity contribution in [3.05, 3.63) is 35.6 Å². The Bertz CT molecular complexity index is 463. The topological polar surface area (TPSA) is 56.5 Å². The lowest BCUT2D eigenvalue weighted by Crippen LogP contribution is -2.45. The lowest BCUT2D eigenvalue weighted by Gasteiger charge is -2.40. The first-order chi connectivity index (χ1) is 9.72. The zero-order valence-corrected chi connectivity index (χ0v) is 11.5. The molecule has 0 saturated carbocycles. The van der Waals surface area contributed by atoms with Gasteiger partial charge in [-0.15, -0.1) is 0 Å². The van der Waals surface area contributed by atoms with E-state index in [1.807, 2.05) is 6.07 Å². The van der Waals surface area contributed by atoms with Gasteiger partial charge in [0.15, 0.2) is 0 Å². The summed E-state index contributed by atoms with van der Waals surface area (Å²) in [5.74, 6) is 5.83. The van der Waals surface area contributed by atoms with Crippen LogP contribution in [0.1, 0.15) is 30.9 Å². The molecule has 5 heteroatoms. The van der Waals surface area contributed by atoms with Gasteiger partial charge in [-0.05, 0) is 36.5 Å². The molecule has 3 unspecified atom stereocenters. The molecular weight excluding hydrogens is 259 g/mol. The quantitative estimate of drug-likeness (QED) is 0.656. The van der Waals surface area contributed by atoms with E-state index in [2.05, 4.69) is 5.43 Å². The molecule has 1 aromatic carbocycles. The number of nitrogens with two attached hydrogens (primary N) is 1. The fourth-order valence-corrected chi connectivity index (χ4v) is 3.42. The van der Waals surface area contributed by atoms with Gasteiger partial charge in [-0.1, -0.05) is 12.1 Å². The third kappa shape index (κ3) is 2.72. The highest BCUT2D eigenvalue weighted by atomic mass is 19.1. The molecule has 2 heterocycles. The maximum absolute atomic E-state index is 13.4. The van der Waals surface area contributed by atoms with Crippen LogP contribution in [0.15, 0.2) is 24.3 Å². The van der Waals surface area contributed by atoms with Crippen molar-refractivity contribution in [2.75, 3.05) is 19.8 Å². The van der Waals surface area contributed by atoms with Gasteiger partial charge in [-0.3, -0.25) is 11.3 Å². The molecule has 1 spiro atoms. The smallest absolute Gasteiger partial charge is 0.123 e. The van der Waals surface area contributed by atoms with Gasteiger partial charge in [0.1, 0.15) is 5.82 Å². The van der Waals surface area contributed by atoms with Crippen molar-refractivity contribution in [2.24, 2.45) is 11.8 Å². The van der Waals surface area contributed by atoms with Crippen LogP contribution in [-0.4, -0.2) is 25.4 Å². The molecule has 2 aliphatic heterocycles. The zero-order chi connectivity index (χ0) is 14.0. The van der Waals surface area contributed by atoms with Gasteiger partial charge in [0.25, 0.3) is 0 Å². The second kappa shape index (κ2) is 5.77. The van der Waals surface area contributed by atoms with Gasteiger partial charge in [0.05, 0.1) is 12.2 Å². The van der Waals surface area contributed by atoms with Gasteiger partial charge < -0.3 is 9.47 Å². The van der Waals surface area contributed by atoms with Crippen LogP contribution in [0.3, 0.4) is 0 Å². The summed E-state index contributed by atoms with van der Waals surface area (Å²) in [5, 5.41) is 0. The van der Waals surface area contributed by atoms with Crippen LogP contribution in [0, 0.1) is 11.7 Å². The summed E-state index contributed by atoms with van der Waals surface area (Å²) in [6.07, 6.45) is 2.76. The summed E-state index contributed by atoms with van der Waals surface area (Å²) in [6, 6.07) is 6.60. The number of hydrogen-bond acceptors (Lipinski definition) is 4. The standard InChI is InChI=1S/C15H21FN2O2/c16-13-3-1-2-11(8-13)14(18-17)12-4-6-20-15(9-12)5-7-19-10-15/h1-3,8,12,14,18H,4-7,9-10,17H2. The number of benzene rings is 1. The molecule has 1 aromatic rings. The second-order valence-corrected chi connectivity index (χ2v) is 5.79. The summed E-state index contributed by atoms with van der Waals surface area (Å²) in [7, 11) is 0. The Labute approximate surface area is 118 Å². The maximum atomic E-state index is 13.4. The Hall–Kier alpha value is -1.01. The molecule has 0 aliphatic carbocycles. The fraction of sp³-hybridized carbons (Fsp3) is 0.600. The minimum absolute atomic E-state index is 0.0490. The van der Waals surface area contributed by atoms with E-state index in [0.717, 1.165) is 31.4 Å². The number of halogens is 1. The predicted molar refractivity (Wildman–Crippen MR) is 73.3 cm³/mol. The minimum Gasteiger partial charge on any atom is -0.378 e. The van der Waals surface area contributed by atoms with Crippen molar-refractivity contribution >= 4 is 0 Å². The number of hydrogen-bond donors (Lipinski definition) is 2. The Morgan fingerprint density at radius 3 is 3.00 bits per heavy atom. The molecule has 110 valence electrons. The Balaban J connectivity index is 1.78. The summed E-state index contributed by atoms with van der Waals surface area (Å²) in [5.41, 5.74) is 3.59. The number of hydrazine groups is 1. The lowest BCUT2D eigenvalue weighted by molar-refractivity contribution is -0.103. The molecular formula is C15H21FN2O2. The highest BCUT2D eigenvalue weighted by Gasteiger charge is 2.43. The third-order valence-corrected chi connectivity index (χ3v) is 4.46.